The number of halogens is 2. The summed E-state index contributed by atoms with van der Waals surface area (Å²) in [4.78, 5) is 0. The fraction of sp³-hybridized carbons (Fsp3) is 1.00. The molecule has 4 heteroatoms. The van der Waals surface area contributed by atoms with Gasteiger partial charge >= 0.3 is 0 Å². The van der Waals surface area contributed by atoms with Gasteiger partial charge < -0.3 is 0 Å². The van der Waals surface area contributed by atoms with Gasteiger partial charge in [0.15, 0.2) is 0 Å². The standard InChI is InChI=1S/C4H6Cl2OS/c1-3(2)4(5,6)8(3)7/h1-2H3. The van der Waals surface area contributed by atoms with Crippen LogP contribution in [-0.4, -0.2) is 12.6 Å². The van der Waals surface area contributed by atoms with Gasteiger partial charge in [0, 0.05) is 0 Å². The van der Waals surface area contributed by atoms with Gasteiger partial charge in [0.1, 0.15) is 0 Å². The zero-order valence-electron chi connectivity index (χ0n) is 4.57. The summed E-state index contributed by atoms with van der Waals surface area (Å²) in [5.41, 5.74) is 0. The lowest BCUT2D eigenvalue weighted by Gasteiger charge is -1.93. The second-order valence-electron chi connectivity index (χ2n) is 2.30. The van der Waals surface area contributed by atoms with Crippen molar-refractivity contribution in [2.24, 2.45) is 0 Å². The molecule has 0 aromatic carbocycles. The zero-order valence-corrected chi connectivity index (χ0v) is 6.90. The molecule has 0 radical (unpaired) electrons. The maximum atomic E-state index is 10.7. The number of hydrogen-bond acceptors (Lipinski definition) is 1. The van der Waals surface area contributed by atoms with Crippen LogP contribution < -0.4 is 0 Å². The van der Waals surface area contributed by atoms with Crippen molar-refractivity contribution in [3.8, 4) is 0 Å². The van der Waals surface area contributed by atoms with Gasteiger partial charge in [-0.3, -0.25) is 4.21 Å². The molecule has 0 amide bonds. The van der Waals surface area contributed by atoms with E-state index in [1.54, 1.807) is 13.8 Å². The van der Waals surface area contributed by atoms with E-state index in [1.807, 2.05) is 0 Å². The van der Waals surface area contributed by atoms with Crippen LogP contribution >= 0.6 is 23.2 Å². The Hall–Kier alpha value is 0.730. The summed E-state index contributed by atoms with van der Waals surface area (Å²) >= 11 is 11.1. The molecule has 1 unspecified atom stereocenters. The van der Waals surface area contributed by atoms with Gasteiger partial charge in [-0.25, -0.2) is 0 Å². The number of rotatable bonds is 0. The predicted octanol–water partition coefficient (Wildman–Crippen LogP) is 1.66. The van der Waals surface area contributed by atoms with Crippen molar-refractivity contribution in [1.29, 1.82) is 0 Å². The van der Waals surface area contributed by atoms with Crippen molar-refractivity contribution in [1.82, 2.24) is 0 Å². The molecule has 1 heterocycles. The SMILES string of the molecule is CC1(C)S(=O)C1(Cl)Cl. The second-order valence-corrected chi connectivity index (χ2v) is 6.24. The van der Waals surface area contributed by atoms with Gasteiger partial charge in [0.2, 0.25) is 3.67 Å². The molecule has 1 saturated heterocycles. The van der Waals surface area contributed by atoms with Crippen LogP contribution in [0, 0.1) is 0 Å². The number of alkyl halides is 2. The van der Waals surface area contributed by atoms with Crippen molar-refractivity contribution >= 4 is 34.0 Å². The van der Waals surface area contributed by atoms with E-state index < -0.39 is 19.2 Å². The zero-order chi connectivity index (χ0) is 6.58. The molecule has 0 saturated carbocycles. The third kappa shape index (κ3) is 0.568. The Morgan fingerprint density at radius 3 is 1.50 bits per heavy atom. The average Bonchev–Trinajstić information content (AvgIpc) is 1.88. The first kappa shape index (κ1) is 6.84. The molecule has 1 aliphatic rings. The minimum atomic E-state index is -1.05. The Morgan fingerprint density at radius 1 is 1.38 bits per heavy atom. The molecular formula is C4H6Cl2OS. The normalized spacial score (nSPS) is 39.2. The van der Waals surface area contributed by atoms with Crippen LogP contribution in [0.1, 0.15) is 13.8 Å². The molecule has 1 rings (SSSR count). The highest BCUT2D eigenvalue weighted by Gasteiger charge is 2.69. The predicted molar refractivity (Wildman–Crippen MR) is 36.7 cm³/mol. The Labute approximate surface area is 60.8 Å². The van der Waals surface area contributed by atoms with Gasteiger partial charge in [-0.15, -0.1) is 0 Å². The summed E-state index contributed by atoms with van der Waals surface area (Å²) in [6.07, 6.45) is 0. The summed E-state index contributed by atoms with van der Waals surface area (Å²) in [6, 6.07) is 0. The lowest BCUT2D eigenvalue weighted by atomic mass is 10.3. The van der Waals surface area contributed by atoms with E-state index in [9.17, 15) is 4.21 Å². The van der Waals surface area contributed by atoms with E-state index in [1.165, 1.54) is 0 Å². The first-order chi connectivity index (χ1) is 3.40. The summed E-state index contributed by atoms with van der Waals surface area (Å²) in [6.45, 7) is 3.56. The van der Waals surface area contributed by atoms with Crippen LogP contribution in [0.15, 0.2) is 0 Å². The highest BCUT2D eigenvalue weighted by Crippen LogP contribution is 2.58. The van der Waals surface area contributed by atoms with Crippen LogP contribution in [0.25, 0.3) is 0 Å². The fourth-order valence-corrected chi connectivity index (χ4v) is 2.73. The average molecular weight is 173 g/mol. The van der Waals surface area contributed by atoms with E-state index in [2.05, 4.69) is 0 Å². The van der Waals surface area contributed by atoms with E-state index in [-0.39, 0.29) is 0 Å². The van der Waals surface area contributed by atoms with Crippen molar-refractivity contribution < 1.29 is 4.21 Å². The lowest BCUT2D eigenvalue weighted by molar-refractivity contribution is 0.688. The summed E-state index contributed by atoms with van der Waals surface area (Å²) in [7, 11) is -1.05. The maximum Gasteiger partial charge on any atom is 0.209 e. The van der Waals surface area contributed by atoms with Crippen LogP contribution in [0.2, 0.25) is 0 Å². The first-order valence-electron chi connectivity index (χ1n) is 2.20. The topological polar surface area (TPSA) is 17.1 Å². The summed E-state index contributed by atoms with van der Waals surface area (Å²) < 4.78 is 9.34. The molecule has 0 bridgehead atoms. The lowest BCUT2D eigenvalue weighted by Crippen LogP contribution is -2.04. The first-order valence-corrected chi connectivity index (χ1v) is 4.11. The molecule has 48 valence electrons. The Balaban J connectivity index is 2.88. The molecule has 0 N–H and O–H groups in total. The monoisotopic (exact) mass is 172 g/mol. The van der Waals surface area contributed by atoms with Crippen LogP contribution in [0.3, 0.4) is 0 Å². The van der Waals surface area contributed by atoms with E-state index in [0.29, 0.717) is 0 Å². The molecule has 1 nitrogen and oxygen atoms in total. The Kier molecular flexibility index (Phi) is 1.21. The van der Waals surface area contributed by atoms with Crippen LogP contribution in [0.5, 0.6) is 0 Å². The summed E-state index contributed by atoms with van der Waals surface area (Å²) in [5, 5.41) is 0. The fourth-order valence-electron chi connectivity index (χ4n) is 0.427. The van der Waals surface area contributed by atoms with Crippen molar-refractivity contribution in [2.45, 2.75) is 22.3 Å². The van der Waals surface area contributed by atoms with Crippen LogP contribution in [0.4, 0.5) is 0 Å². The van der Waals surface area contributed by atoms with Gasteiger partial charge in [-0.05, 0) is 13.8 Å². The minimum absolute atomic E-state index is 0.393. The van der Waals surface area contributed by atoms with Gasteiger partial charge in [-0.1, -0.05) is 23.2 Å². The van der Waals surface area contributed by atoms with Gasteiger partial charge in [0.05, 0.1) is 15.5 Å². The molecule has 1 atom stereocenters. The Bertz CT molecular complexity index is 136. The molecule has 8 heavy (non-hydrogen) atoms. The molecule has 1 aliphatic heterocycles. The van der Waals surface area contributed by atoms with E-state index in [0.717, 1.165) is 0 Å². The van der Waals surface area contributed by atoms with Crippen LogP contribution in [-0.2, 0) is 10.8 Å². The highest BCUT2D eigenvalue weighted by molar-refractivity contribution is 7.99. The largest absolute Gasteiger partial charge is 0.256 e. The minimum Gasteiger partial charge on any atom is -0.256 e. The third-order valence-electron chi connectivity index (χ3n) is 1.36. The number of hydrogen-bond donors (Lipinski definition) is 0. The smallest absolute Gasteiger partial charge is 0.209 e. The molecule has 0 spiro atoms. The Morgan fingerprint density at radius 2 is 1.50 bits per heavy atom. The molecule has 0 aromatic rings. The highest BCUT2D eigenvalue weighted by atomic mass is 35.5. The van der Waals surface area contributed by atoms with Gasteiger partial charge in [0.25, 0.3) is 0 Å². The van der Waals surface area contributed by atoms with Crippen molar-refractivity contribution in [2.75, 3.05) is 0 Å². The summed E-state index contributed by atoms with van der Waals surface area (Å²) in [5.74, 6) is 0. The quantitative estimate of drug-likeness (QED) is 0.402. The maximum absolute atomic E-state index is 10.7. The molecule has 0 aromatic heterocycles. The molecule has 0 aliphatic carbocycles. The van der Waals surface area contributed by atoms with Gasteiger partial charge in [-0.2, -0.15) is 0 Å². The van der Waals surface area contributed by atoms with Crippen molar-refractivity contribution in [3.05, 3.63) is 0 Å². The third-order valence-corrected chi connectivity index (χ3v) is 5.37. The second kappa shape index (κ2) is 1.41. The van der Waals surface area contributed by atoms with E-state index in [4.69, 9.17) is 23.2 Å². The van der Waals surface area contributed by atoms with Crippen molar-refractivity contribution in [3.63, 3.8) is 0 Å². The van der Waals surface area contributed by atoms with E-state index >= 15 is 0 Å². The molecular weight excluding hydrogens is 167 g/mol. The molecule has 1 fully saturated rings.